The quantitative estimate of drug-likeness (QED) is 0.737. The van der Waals surface area contributed by atoms with Gasteiger partial charge in [-0.25, -0.2) is 0 Å². The molecule has 0 aliphatic heterocycles. The molecule has 1 aromatic rings. The molecule has 0 amide bonds. The van der Waals surface area contributed by atoms with E-state index < -0.39 is 0 Å². The van der Waals surface area contributed by atoms with Gasteiger partial charge in [-0.1, -0.05) is 69.2 Å². The van der Waals surface area contributed by atoms with Crippen LogP contribution in [0.1, 0.15) is 87.3 Å². The average molecular weight is 271 g/mol. The summed E-state index contributed by atoms with van der Waals surface area (Å²) in [6.07, 6.45) is 13.8. The Morgan fingerprint density at radius 3 is 2.35 bits per heavy atom. The highest BCUT2D eigenvalue weighted by Gasteiger charge is 2.21. The summed E-state index contributed by atoms with van der Waals surface area (Å²) in [5.41, 5.74) is 9.41. The van der Waals surface area contributed by atoms with Gasteiger partial charge >= 0.3 is 0 Å². The number of hydrogen-bond acceptors (Lipinski definition) is 1. The van der Waals surface area contributed by atoms with Crippen molar-refractivity contribution >= 4 is 0 Å². The SMILES string of the molecule is NC(CC1CCCCCC1)c1cccc(C2CCC2)c1. The third kappa shape index (κ3) is 3.44. The van der Waals surface area contributed by atoms with Crippen LogP contribution in [0.2, 0.25) is 0 Å². The lowest BCUT2D eigenvalue weighted by molar-refractivity contribution is 0.391. The molecule has 0 aromatic heterocycles. The summed E-state index contributed by atoms with van der Waals surface area (Å²) < 4.78 is 0. The first-order chi connectivity index (χ1) is 9.83. The normalized spacial score (nSPS) is 23.1. The summed E-state index contributed by atoms with van der Waals surface area (Å²) in [6, 6.07) is 9.40. The van der Waals surface area contributed by atoms with Crippen molar-refractivity contribution in [3.05, 3.63) is 35.4 Å². The van der Waals surface area contributed by atoms with Gasteiger partial charge in [0.25, 0.3) is 0 Å². The minimum Gasteiger partial charge on any atom is -0.324 e. The van der Waals surface area contributed by atoms with Crippen molar-refractivity contribution in [1.29, 1.82) is 0 Å². The predicted molar refractivity (Wildman–Crippen MR) is 85.8 cm³/mol. The molecule has 0 spiro atoms. The van der Waals surface area contributed by atoms with Crippen molar-refractivity contribution in [3.63, 3.8) is 0 Å². The maximum Gasteiger partial charge on any atom is 0.0297 e. The maximum absolute atomic E-state index is 6.51. The molecule has 3 rings (SSSR count). The number of nitrogens with two attached hydrogens (primary N) is 1. The fourth-order valence-corrected chi connectivity index (χ4v) is 3.88. The Balaban J connectivity index is 1.62. The molecule has 1 unspecified atom stereocenters. The first kappa shape index (κ1) is 14.1. The van der Waals surface area contributed by atoms with Crippen LogP contribution in [-0.4, -0.2) is 0 Å². The lowest BCUT2D eigenvalue weighted by Gasteiger charge is -2.27. The van der Waals surface area contributed by atoms with E-state index in [1.807, 2.05) is 0 Å². The van der Waals surface area contributed by atoms with Gasteiger partial charge in [0, 0.05) is 6.04 Å². The average Bonchev–Trinajstić information content (AvgIpc) is 2.66. The summed E-state index contributed by atoms with van der Waals surface area (Å²) >= 11 is 0. The van der Waals surface area contributed by atoms with Crippen LogP contribution in [0.25, 0.3) is 0 Å². The molecule has 0 bridgehead atoms. The lowest BCUT2D eigenvalue weighted by atomic mass is 9.79. The van der Waals surface area contributed by atoms with Gasteiger partial charge in [0.15, 0.2) is 0 Å². The molecule has 2 aliphatic rings. The second-order valence-corrected chi connectivity index (χ2v) is 7.00. The zero-order valence-corrected chi connectivity index (χ0v) is 12.7. The van der Waals surface area contributed by atoms with Crippen molar-refractivity contribution in [3.8, 4) is 0 Å². The van der Waals surface area contributed by atoms with E-state index in [2.05, 4.69) is 24.3 Å². The molecule has 2 fully saturated rings. The van der Waals surface area contributed by atoms with Crippen LogP contribution in [0, 0.1) is 5.92 Å². The third-order valence-corrected chi connectivity index (χ3v) is 5.48. The summed E-state index contributed by atoms with van der Waals surface area (Å²) in [6.45, 7) is 0. The summed E-state index contributed by atoms with van der Waals surface area (Å²) in [5, 5.41) is 0. The molecule has 1 aromatic carbocycles. The number of benzene rings is 1. The highest BCUT2D eigenvalue weighted by Crippen LogP contribution is 2.37. The van der Waals surface area contributed by atoms with E-state index >= 15 is 0 Å². The zero-order valence-electron chi connectivity index (χ0n) is 12.7. The van der Waals surface area contributed by atoms with Gasteiger partial charge in [-0.05, 0) is 42.2 Å². The van der Waals surface area contributed by atoms with E-state index in [0.29, 0.717) is 0 Å². The lowest BCUT2D eigenvalue weighted by Crippen LogP contribution is -2.16. The van der Waals surface area contributed by atoms with Crippen LogP contribution in [0.3, 0.4) is 0 Å². The Hall–Kier alpha value is -0.820. The second kappa shape index (κ2) is 6.76. The highest BCUT2D eigenvalue weighted by molar-refractivity contribution is 5.29. The number of rotatable bonds is 4. The smallest absolute Gasteiger partial charge is 0.0297 e. The molecular formula is C19H29N. The molecule has 2 saturated carbocycles. The van der Waals surface area contributed by atoms with Gasteiger partial charge in [-0.15, -0.1) is 0 Å². The summed E-state index contributed by atoms with van der Waals surface area (Å²) in [4.78, 5) is 0. The van der Waals surface area contributed by atoms with Gasteiger partial charge in [0.2, 0.25) is 0 Å². The van der Waals surface area contributed by atoms with Gasteiger partial charge < -0.3 is 5.73 Å². The Morgan fingerprint density at radius 1 is 0.950 bits per heavy atom. The second-order valence-electron chi connectivity index (χ2n) is 7.00. The molecule has 20 heavy (non-hydrogen) atoms. The minimum atomic E-state index is 0.248. The highest BCUT2D eigenvalue weighted by atomic mass is 14.6. The summed E-state index contributed by atoms with van der Waals surface area (Å²) in [5.74, 6) is 1.68. The van der Waals surface area contributed by atoms with Crippen LogP contribution in [-0.2, 0) is 0 Å². The van der Waals surface area contributed by atoms with Crippen LogP contribution < -0.4 is 5.73 Å². The third-order valence-electron chi connectivity index (χ3n) is 5.48. The van der Waals surface area contributed by atoms with Crippen LogP contribution in [0.15, 0.2) is 24.3 Å². The van der Waals surface area contributed by atoms with Crippen molar-refractivity contribution in [2.45, 2.75) is 76.2 Å². The molecule has 1 nitrogen and oxygen atoms in total. The van der Waals surface area contributed by atoms with Crippen molar-refractivity contribution in [2.24, 2.45) is 11.7 Å². The van der Waals surface area contributed by atoms with Crippen molar-refractivity contribution < 1.29 is 0 Å². The molecule has 1 atom stereocenters. The Morgan fingerprint density at radius 2 is 1.70 bits per heavy atom. The van der Waals surface area contributed by atoms with Gasteiger partial charge in [0.1, 0.15) is 0 Å². The molecule has 0 radical (unpaired) electrons. The van der Waals surface area contributed by atoms with Crippen molar-refractivity contribution in [1.82, 2.24) is 0 Å². The van der Waals surface area contributed by atoms with Gasteiger partial charge in [-0.2, -0.15) is 0 Å². The molecule has 0 saturated heterocycles. The molecule has 1 heteroatoms. The number of hydrogen-bond donors (Lipinski definition) is 1. The molecular weight excluding hydrogens is 242 g/mol. The first-order valence-electron chi connectivity index (χ1n) is 8.68. The molecule has 2 aliphatic carbocycles. The maximum atomic E-state index is 6.51. The topological polar surface area (TPSA) is 26.0 Å². The van der Waals surface area contributed by atoms with Crippen LogP contribution >= 0.6 is 0 Å². The van der Waals surface area contributed by atoms with Crippen LogP contribution in [0.4, 0.5) is 0 Å². The molecule has 110 valence electrons. The first-order valence-corrected chi connectivity index (χ1v) is 8.68. The van der Waals surface area contributed by atoms with E-state index in [0.717, 1.165) is 11.8 Å². The van der Waals surface area contributed by atoms with E-state index in [4.69, 9.17) is 5.73 Å². The fraction of sp³-hybridized carbons (Fsp3) is 0.684. The Kier molecular flexibility index (Phi) is 4.77. The molecule has 0 heterocycles. The van der Waals surface area contributed by atoms with E-state index in [9.17, 15) is 0 Å². The summed E-state index contributed by atoms with van der Waals surface area (Å²) in [7, 11) is 0. The largest absolute Gasteiger partial charge is 0.324 e. The van der Waals surface area contributed by atoms with Crippen LogP contribution in [0.5, 0.6) is 0 Å². The van der Waals surface area contributed by atoms with E-state index in [1.165, 1.54) is 75.3 Å². The Bertz CT molecular complexity index is 414. The minimum absolute atomic E-state index is 0.248. The van der Waals surface area contributed by atoms with E-state index in [1.54, 1.807) is 0 Å². The Labute approximate surface area is 124 Å². The monoisotopic (exact) mass is 271 g/mol. The standard InChI is InChI=1S/C19H29N/c20-19(13-15-7-3-1-2-4-8-15)18-12-6-11-17(14-18)16-9-5-10-16/h6,11-12,14-16,19H,1-5,7-10,13,20H2. The van der Waals surface area contributed by atoms with E-state index in [-0.39, 0.29) is 6.04 Å². The van der Waals surface area contributed by atoms with Crippen molar-refractivity contribution in [2.75, 3.05) is 0 Å². The fourth-order valence-electron chi connectivity index (χ4n) is 3.88. The van der Waals surface area contributed by atoms with Gasteiger partial charge in [-0.3, -0.25) is 0 Å². The zero-order chi connectivity index (χ0) is 13.8. The molecule has 2 N–H and O–H groups in total. The predicted octanol–water partition coefficient (Wildman–Crippen LogP) is 5.31. The van der Waals surface area contributed by atoms with Gasteiger partial charge in [0.05, 0.1) is 0 Å².